The van der Waals surface area contributed by atoms with Crippen molar-refractivity contribution in [3.8, 4) is 11.3 Å². The Labute approximate surface area is 147 Å². The van der Waals surface area contributed by atoms with Crippen molar-refractivity contribution < 1.29 is 14.0 Å². The topological polar surface area (TPSA) is 65.5 Å². The van der Waals surface area contributed by atoms with Crippen LogP contribution in [0.5, 0.6) is 0 Å². The number of morpholine rings is 1. The number of aromatic nitrogens is 3. The highest BCUT2D eigenvalue weighted by Crippen LogP contribution is 2.26. The molecule has 0 saturated carbocycles. The van der Waals surface area contributed by atoms with Gasteiger partial charge in [-0.2, -0.15) is 5.10 Å². The van der Waals surface area contributed by atoms with Gasteiger partial charge in [-0.05, 0) is 25.2 Å². The second kappa shape index (κ2) is 7.68. The number of nitrogens with zero attached hydrogens (tertiary/aromatic N) is 4. The van der Waals surface area contributed by atoms with E-state index < -0.39 is 0 Å². The fraction of sp³-hybridized carbons (Fsp3) is 0.667. The molecule has 2 aromatic rings. The third-order valence-electron chi connectivity index (χ3n) is 5.21. The zero-order valence-electron chi connectivity index (χ0n) is 14.8. The summed E-state index contributed by atoms with van der Waals surface area (Å²) in [6.07, 6.45) is 7.26. The van der Waals surface area contributed by atoms with Gasteiger partial charge in [0.1, 0.15) is 5.69 Å². The van der Waals surface area contributed by atoms with Crippen molar-refractivity contribution in [2.24, 2.45) is 13.0 Å². The van der Waals surface area contributed by atoms with Gasteiger partial charge in [0, 0.05) is 50.7 Å². The van der Waals surface area contributed by atoms with Gasteiger partial charge >= 0.3 is 0 Å². The maximum absolute atomic E-state index is 5.74. The smallest absolute Gasteiger partial charge is 0.151 e. The minimum atomic E-state index is 0.448. The first-order chi connectivity index (χ1) is 12.3. The van der Waals surface area contributed by atoms with Crippen molar-refractivity contribution >= 4 is 0 Å². The summed E-state index contributed by atoms with van der Waals surface area (Å²) in [7, 11) is 1.90. The van der Waals surface area contributed by atoms with E-state index in [0.717, 1.165) is 75.3 Å². The number of hydrogen-bond acceptors (Lipinski definition) is 6. The third-order valence-corrected chi connectivity index (χ3v) is 5.21. The molecule has 2 aliphatic heterocycles. The Bertz CT molecular complexity index is 677. The van der Waals surface area contributed by atoms with E-state index >= 15 is 0 Å². The molecule has 2 fully saturated rings. The zero-order chi connectivity index (χ0) is 17.1. The molecule has 0 amide bonds. The molecule has 0 N–H and O–H groups in total. The fourth-order valence-electron chi connectivity index (χ4n) is 3.76. The van der Waals surface area contributed by atoms with Gasteiger partial charge in [0.15, 0.2) is 5.76 Å². The van der Waals surface area contributed by atoms with Crippen molar-refractivity contribution in [1.82, 2.24) is 19.8 Å². The standard InChI is InChI=1S/C18H26N4O3/c1-21-11-15(10-19-21)18-9-17(25-20-18)12-22-4-7-24-13-16(22)8-14-2-5-23-6-3-14/h9-11,14,16H,2-8,12-13H2,1H3. The van der Waals surface area contributed by atoms with Gasteiger partial charge in [-0.15, -0.1) is 0 Å². The lowest BCUT2D eigenvalue weighted by atomic mass is 9.91. The molecule has 0 bridgehead atoms. The highest BCUT2D eigenvalue weighted by Gasteiger charge is 2.28. The van der Waals surface area contributed by atoms with Gasteiger partial charge in [-0.1, -0.05) is 5.16 Å². The molecule has 2 aliphatic rings. The average molecular weight is 346 g/mol. The summed E-state index contributed by atoms with van der Waals surface area (Å²) < 4.78 is 18.6. The number of aryl methyl sites for hydroxylation is 1. The van der Waals surface area contributed by atoms with Crippen LogP contribution in [0.1, 0.15) is 25.0 Å². The lowest BCUT2D eigenvalue weighted by Gasteiger charge is -2.37. The van der Waals surface area contributed by atoms with E-state index in [1.807, 2.05) is 25.5 Å². The second-order valence-corrected chi connectivity index (χ2v) is 7.07. The van der Waals surface area contributed by atoms with Crippen molar-refractivity contribution in [3.63, 3.8) is 0 Å². The van der Waals surface area contributed by atoms with E-state index in [2.05, 4.69) is 15.2 Å². The molecule has 1 unspecified atom stereocenters. The minimum absolute atomic E-state index is 0.448. The lowest BCUT2D eigenvalue weighted by molar-refractivity contribution is -0.0317. The molecule has 2 aromatic heterocycles. The Morgan fingerprint density at radius 1 is 1.20 bits per heavy atom. The normalized spacial score (nSPS) is 23.2. The SMILES string of the molecule is Cn1cc(-c2cc(CN3CCOCC3CC3CCOCC3)on2)cn1. The largest absolute Gasteiger partial charge is 0.381 e. The molecule has 1 atom stereocenters. The van der Waals surface area contributed by atoms with Crippen LogP contribution in [0.15, 0.2) is 23.0 Å². The van der Waals surface area contributed by atoms with Crippen LogP contribution in [0.4, 0.5) is 0 Å². The summed E-state index contributed by atoms with van der Waals surface area (Å²) in [6, 6.07) is 2.47. The highest BCUT2D eigenvalue weighted by atomic mass is 16.5. The second-order valence-electron chi connectivity index (χ2n) is 7.07. The molecule has 7 nitrogen and oxygen atoms in total. The van der Waals surface area contributed by atoms with Crippen LogP contribution >= 0.6 is 0 Å². The molecule has 0 radical (unpaired) electrons. The first-order valence-corrected chi connectivity index (χ1v) is 9.12. The Hall–Kier alpha value is -1.70. The van der Waals surface area contributed by atoms with Gasteiger partial charge < -0.3 is 14.0 Å². The van der Waals surface area contributed by atoms with E-state index in [9.17, 15) is 0 Å². The Balaban J connectivity index is 1.40. The summed E-state index contributed by atoms with van der Waals surface area (Å²) in [6.45, 7) is 5.11. The maximum atomic E-state index is 5.74. The zero-order valence-corrected chi connectivity index (χ0v) is 14.8. The average Bonchev–Trinajstić information content (AvgIpc) is 3.26. The summed E-state index contributed by atoms with van der Waals surface area (Å²) in [4.78, 5) is 2.48. The maximum Gasteiger partial charge on any atom is 0.151 e. The van der Waals surface area contributed by atoms with Gasteiger partial charge in [0.2, 0.25) is 0 Å². The molecule has 136 valence electrons. The van der Waals surface area contributed by atoms with Crippen LogP contribution in [0, 0.1) is 5.92 Å². The Morgan fingerprint density at radius 2 is 2.08 bits per heavy atom. The quantitative estimate of drug-likeness (QED) is 0.826. The summed E-state index contributed by atoms with van der Waals surface area (Å²) in [5, 5.41) is 8.40. The molecular weight excluding hydrogens is 320 g/mol. The summed E-state index contributed by atoms with van der Waals surface area (Å²) in [5.74, 6) is 1.64. The molecule has 4 heterocycles. The van der Waals surface area contributed by atoms with Crippen molar-refractivity contribution in [2.75, 3.05) is 33.0 Å². The van der Waals surface area contributed by atoms with Crippen molar-refractivity contribution in [2.45, 2.75) is 31.8 Å². The fourth-order valence-corrected chi connectivity index (χ4v) is 3.76. The van der Waals surface area contributed by atoms with Gasteiger partial charge in [-0.25, -0.2) is 0 Å². The van der Waals surface area contributed by atoms with Crippen LogP contribution in [0.3, 0.4) is 0 Å². The van der Waals surface area contributed by atoms with E-state index in [0.29, 0.717) is 6.04 Å². The van der Waals surface area contributed by atoms with Crippen LogP contribution in [0.25, 0.3) is 11.3 Å². The molecule has 25 heavy (non-hydrogen) atoms. The molecule has 0 aliphatic carbocycles. The number of rotatable bonds is 5. The summed E-state index contributed by atoms with van der Waals surface area (Å²) in [5.41, 5.74) is 1.83. The van der Waals surface area contributed by atoms with E-state index in [1.54, 1.807) is 4.68 Å². The van der Waals surface area contributed by atoms with Crippen LogP contribution < -0.4 is 0 Å². The van der Waals surface area contributed by atoms with Crippen LogP contribution in [-0.4, -0.2) is 58.9 Å². The Kier molecular flexibility index (Phi) is 5.14. The van der Waals surface area contributed by atoms with Crippen molar-refractivity contribution in [3.05, 3.63) is 24.2 Å². The molecule has 2 saturated heterocycles. The van der Waals surface area contributed by atoms with Gasteiger partial charge in [0.05, 0.1) is 26.0 Å². The minimum Gasteiger partial charge on any atom is -0.381 e. The van der Waals surface area contributed by atoms with E-state index in [-0.39, 0.29) is 0 Å². The number of hydrogen-bond donors (Lipinski definition) is 0. The molecule has 0 spiro atoms. The molecular formula is C18H26N4O3. The van der Waals surface area contributed by atoms with E-state index in [1.165, 1.54) is 6.42 Å². The Morgan fingerprint density at radius 3 is 2.88 bits per heavy atom. The monoisotopic (exact) mass is 346 g/mol. The lowest BCUT2D eigenvalue weighted by Crippen LogP contribution is -2.46. The summed E-state index contributed by atoms with van der Waals surface area (Å²) >= 11 is 0. The predicted octanol–water partition coefficient (Wildman–Crippen LogP) is 2.09. The van der Waals surface area contributed by atoms with Gasteiger partial charge in [-0.3, -0.25) is 9.58 Å². The van der Waals surface area contributed by atoms with Gasteiger partial charge in [0.25, 0.3) is 0 Å². The highest BCUT2D eigenvalue weighted by molar-refractivity contribution is 5.56. The first kappa shape index (κ1) is 16.8. The predicted molar refractivity (Wildman–Crippen MR) is 91.9 cm³/mol. The number of ether oxygens (including phenoxy) is 2. The van der Waals surface area contributed by atoms with Crippen LogP contribution in [0.2, 0.25) is 0 Å². The molecule has 7 heteroatoms. The molecule has 0 aromatic carbocycles. The third kappa shape index (κ3) is 4.11. The molecule has 4 rings (SSSR count). The first-order valence-electron chi connectivity index (χ1n) is 9.12. The van der Waals surface area contributed by atoms with Crippen molar-refractivity contribution in [1.29, 1.82) is 0 Å². The van der Waals surface area contributed by atoms with Crippen LogP contribution in [-0.2, 0) is 23.1 Å². The van der Waals surface area contributed by atoms with E-state index in [4.69, 9.17) is 14.0 Å².